The van der Waals surface area contributed by atoms with Crippen LogP contribution in [0.3, 0.4) is 0 Å². The lowest BCUT2D eigenvalue weighted by Gasteiger charge is -2.22. The van der Waals surface area contributed by atoms with Crippen molar-refractivity contribution in [3.05, 3.63) is 18.6 Å². The van der Waals surface area contributed by atoms with Crippen molar-refractivity contribution in [2.24, 2.45) is 10.9 Å². The second-order valence-electron chi connectivity index (χ2n) is 3.39. The fourth-order valence-corrected chi connectivity index (χ4v) is 1.31. The van der Waals surface area contributed by atoms with E-state index in [0.29, 0.717) is 26.1 Å². The molecule has 3 N–H and O–H groups in total. The Morgan fingerprint density at radius 2 is 2.41 bits per heavy atom. The third-order valence-corrected chi connectivity index (χ3v) is 2.22. The van der Waals surface area contributed by atoms with Crippen molar-refractivity contribution < 1.29 is 9.94 Å². The lowest BCUT2D eigenvalue weighted by molar-refractivity contribution is 0.205. The Kier molecular flexibility index (Phi) is 5.73. The zero-order valence-electron chi connectivity index (χ0n) is 9.78. The van der Waals surface area contributed by atoms with E-state index in [4.69, 9.17) is 15.7 Å². The largest absolute Gasteiger partial charge is 0.409 e. The van der Waals surface area contributed by atoms with Gasteiger partial charge in [-0.05, 0) is 6.07 Å². The Morgan fingerprint density at radius 3 is 3.00 bits per heavy atom. The molecule has 0 spiro atoms. The fraction of sp³-hybridized carbons (Fsp3) is 0.500. The topological polar surface area (TPSA) is 96.9 Å². The second kappa shape index (κ2) is 7.39. The number of hydrogen-bond donors (Lipinski definition) is 2. The van der Waals surface area contributed by atoms with E-state index >= 15 is 0 Å². The molecule has 0 amide bonds. The molecule has 0 aliphatic heterocycles. The molecule has 94 valence electrons. The lowest BCUT2D eigenvalue weighted by Crippen LogP contribution is -2.31. The molecule has 0 radical (unpaired) electrons. The zero-order valence-corrected chi connectivity index (χ0v) is 9.78. The minimum absolute atomic E-state index is 0.196. The highest BCUT2D eigenvalue weighted by atomic mass is 16.5. The number of amidine groups is 1. The first-order valence-corrected chi connectivity index (χ1v) is 5.24. The maximum Gasteiger partial charge on any atom is 0.140 e. The summed E-state index contributed by atoms with van der Waals surface area (Å²) in [5.74, 6) is 0.990. The lowest BCUT2D eigenvalue weighted by atomic mass is 10.3. The van der Waals surface area contributed by atoms with Gasteiger partial charge in [0.05, 0.1) is 6.61 Å². The standard InChI is InChI=1S/C10H17N5O2/c1-17-7-6-15(5-3-9(11)14-16)10-2-4-12-8-13-10/h2,4,8,16H,3,5-7H2,1H3,(H2,11,14). The summed E-state index contributed by atoms with van der Waals surface area (Å²) < 4.78 is 5.03. The maximum atomic E-state index is 8.49. The van der Waals surface area contributed by atoms with Gasteiger partial charge in [0.1, 0.15) is 18.0 Å². The van der Waals surface area contributed by atoms with Gasteiger partial charge in [-0.3, -0.25) is 0 Å². The molecule has 0 atom stereocenters. The minimum Gasteiger partial charge on any atom is -0.409 e. The van der Waals surface area contributed by atoms with Crippen molar-refractivity contribution in [3.63, 3.8) is 0 Å². The highest BCUT2D eigenvalue weighted by molar-refractivity contribution is 5.80. The van der Waals surface area contributed by atoms with E-state index in [-0.39, 0.29) is 5.84 Å². The number of hydrogen-bond acceptors (Lipinski definition) is 6. The first-order valence-electron chi connectivity index (χ1n) is 5.24. The molecule has 0 aromatic carbocycles. The fourth-order valence-electron chi connectivity index (χ4n) is 1.31. The Labute approximate surface area is 99.9 Å². The Hall–Kier alpha value is -1.89. The number of aromatic nitrogens is 2. The van der Waals surface area contributed by atoms with Crippen molar-refractivity contribution >= 4 is 11.7 Å². The minimum atomic E-state index is 0.196. The first kappa shape index (κ1) is 13.2. The van der Waals surface area contributed by atoms with Crippen LogP contribution in [0.25, 0.3) is 0 Å². The molecule has 1 heterocycles. The van der Waals surface area contributed by atoms with Crippen LogP contribution in [-0.2, 0) is 4.74 Å². The van der Waals surface area contributed by atoms with Crippen LogP contribution in [0, 0.1) is 0 Å². The monoisotopic (exact) mass is 239 g/mol. The third-order valence-electron chi connectivity index (χ3n) is 2.22. The zero-order chi connectivity index (χ0) is 12.5. The van der Waals surface area contributed by atoms with Gasteiger partial charge < -0.3 is 20.6 Å². The first-order chi connectivity index (χ1) is 8.27. The number of methoxy groups -OCH3 is 1. The van der Waals surface area contributed by atoms with Gasteiger partial charge in [-0.2, -0.15) is 0 Å². The van der Waals surface area contributed by atoms with Gasteiger partial charge >= 0.3 is 0 Å². The second-order valence-corrected chi connectivity index (χ2v) is 3.39. The Morgan fingerprint density at radius 1 is 1.59 bits per heavy atom. The predicted molar refractivity (Wildman–Crippen MR) is 64.1 cm³/mol. The molecule has 0 unspecified atom stereocenters. The number of anilines is 1. The molecular weight excluding hydrogens is 222 g/mol. The van der Waals surface area contributed by atoms with Crippen molar-refractivity contribution in [2.45, 2.75) is 6.42 Å². The van der Waals surface area contributed by atoms with Gasteiger partial charge in [-0.1, -0.05) is 5.16 Å². The van der Waals surface area contributed by atoms with Crippen LogP contribution in [0.15, 0.2) is 23.7 Å². The number of nitrogens with zero attached hydrogens (tertiary/aromatic N) is 4. The van der Waals surface area contributed by atoms with Crippen LogP contribution in [0.1, 0.15) is 6.42 Å². The van der Waals surface area contributed by atoms with Gasteiger partial charge in [-0.15, -0.1) is 0 Å². The van der Waals surface area contributed by atoms with Crippen LogP contribution in [0.5, 0.6) is 0 Å². The van der Waals surface area contributed by atoms with Crippen molar-refractivity contribution in [1.29, 1.82) is 0 Å². The number of ether oxygens (including phenoxy) is 1. The van der Waals surface area contributed by atoms with Gasteiger partial charge in [0.15, 0.2) is 0 Å². The average molecular weight is 239 g/mol. The summed E-state index contributed by atoms with van der Waals surface area (Å²) in [5, 5.41) is 11.4. The van der Waals surface area contributed by atoms with Gasteiger partial charge in [-0.25, -0.2) is 9.97 Å². The summed E-state index contributed by atoms with van der Waals surface area (Å²) in [6, 6.07) is 1.81. The predicted octanol–water partition coefficient (Wildman–Crippen LogP) is 0.0659. The van der Waals surface area contributed by atoms with Crippen LogP contribution < -0.4 is 10.6 Å². The van der Waals surface area contributed by atoms with E-state index in [9.17, 15) is 0 Å². The van der Waals surface area contributed by atoms with E-state index in [2.05, 4.69) is 15.1 Å². The van der Waals surface area contributed by atoms with Crippen LogP contribution in [-0.4, -0.2) is 47.8 Å². The summed E-state index contributed by atoms with van der Waals surface area (Å²) in [7, 11) is 1.64. The molecule has 0 saturated heterocycles. The molecule has 0 fully saturated rings. The molecule has 7 heteroatoms. The summed E-state index contributed by atoms with van der Waals surface area (Å²) in [5.41, 5.74) is 5.44. The molecule has 1 rings (SSSR count). The number of rotatable bonds is 7. The highest BCUT2D eigenvalue weighted by Crippen LogP contribution is 2.08. The highest BCUT2D eigenvalue weighted by Gasteiger charge is 2.08. The van der Waals surface area contributed by atoms with Crippen molar-refractivity contribution in [2.75, 3.05) is 31.7 Å². The van der Waals surface area contributed by atoms with E-state index in [0.717, 1.165) is 5.82 Å². The summed E-state index contributed by atoms with van der Waals surface area (Å²) in [6.45, 7) is 1.88. The van der Waals surface area contributed by atoms with Crippen molar-refractivity contribution in [3.8, 4) is 0 Å². The molecule has 1 aromatic heterocycles. The van der Waals surface area contributed by atoms with Crippen LogP contribution >= 0.6 is 0 Å². The SMILES string of the molecule is COCCN(CCC(N)=NO)c1ccncn1. The molecular formula is C10H17N5O2. The molecule has 0 aliphatic carbocycles. The molecule has 0 saturated carbocycles. The third kappa shape index (κ3) is 4.64. The quantitative estimate of drug-likeness (QED) is 0.302. The summed E-state index contributed by atoms with van der Waals surface area (Å²) >= 11 is 0. The van der Waals surface area contributed by atoms with Gasteiger partial charge in [0.25, 0.3) is 0 Å². The average Bonchev–Trinajstić information content (AvgIpc) is 2.39. The molecule has 17 heavy (non-hydrogen) atoms. The molecule has 0 bridgehead atoms. The van der Waals surface area contributed by atoms with E-state index < -0.39 is 0 Å². The van der Waals surface area contributed by atoms with E-state index in [1.54, 1.807) is 13.3 Å². The molecule has 0 aliphatic rings. The molecule has 7 nitrogen and oxygen atoms in total. The normalized spacial score (nSPS) is 11.5. The number of nitrogens with two attached hydrogens (primary N) is 1. The number of oxime groups is 1. The maximum absolute atomic E-state index is 8.49. The van der Waals surface area contributed by atoms with E-state index in [1.807, 2.05) is 11.0 Å². The van der Waals surface area contributed by atoms with E-state index in [1.165, 1.54) is 6.33 Å². The van der Waals surface area contributed by atoms with Crippen LogP contribution in [0.2, 0.25) is 0 Å². The van der Waals surface area contributed by atoms with Crippen molar-refractivity contribution in [1.82, 2.24) is 9.97 Å². The van der Waals surface area contributed by atoms with Crippen LogP contribution in [0.4, 0.5) is 5.82 Å². The Balaban J connectivity index is 2.61. The smallest absolute Gasteiger partial charge is 0.140 e. The van der Waals surface area contributed by atoms with Gasteiger partial charge in [0.2, 0.25) is 0 Å². The summed E-state index contributed by atoms with van der Waals surface area (Å²) in [6.07, 6.45) is 3.62. The summed E-state index contributed by atoms with van der Waals surface area (Å²) in [4.78, 5) is 10.0. The van der Waals surface area contributed by atoms with Gasteiger partial charge in [0, 0.05) is 32.8 Å². The Bertz CT molecular complexity index is 344. The molecule has 1 aromatic rings.